The molecule has 3 heteroatoms. The predicted octanol–water partition coefficient (Wildman–Crippen LogP) is 4.09. The lowest BCUT2D eigenvalue weighted by Crippen LogP contribution is -1.98. The minimum absolute atomic E-state index is 0.213. The van der Waals surface area contributed by atoms with Crippen LogP contribution >= 0.6 is 11.6 Å². The van der Waals surface area contributed by atoms with Gasteiger partial charge in [0, 0.05) is 17.3 Å². The molecule has 0 bridgehead atoms. The Morgan fingerprint density at radius 1 is 0.938 bits per heavy atom. The first-order valence-electron chi connectivity index (χ1n) is 4.98. The summed E-state index contributed by atoms with van der Waals surface area (Å²) in [6.07, 6.45) is 0. The second kappa shape index (κ2) is 4.99. The Morgan fingerprint density at radius 2 is 1.56 bits per heavy atom. The van der Waals surface area contributed by atoms with Crippen molar-refractivity contribution in [3.8, 4) is 0 Å². The summed E-state index contributed by atoms with van der Waals surface area (Å²) in [6, 6.07) is 13.9. The van der Waals surface area contributed by atoms with Crippen LogP contribution in [0.1, 0.15) is 5.56 Å². The molecule has 0 aliphatic rings. The molecule has 0 fully saturated rings. The number of hydrogen-bond acceptors (Lipinski definition) is 1. The Morgan fingerprint density at radius 3 is 2.19 bits per heavy atom. The van der Waals surface area contributed by atoms with Crippen LogP contribution in [0.3, 0.4) is 0 Å². The molecule has 16 heavy (non-hydrogen) atoms. The van der Waals surface area contributed by atoms with Gasteiger partial charge in [0.15, 0.2) is 0 Å². The van der Waals surface area contributed by atoms with E-state index in [0.29, 0.717) is 11.6 Å². The molecule has 0 atom stereocenters. The van der Waals surface area contributed by atoms with Crippen molar-refractivity contribution in [2.75, 3.05) is 5.32 Å². The lowest BCUT2D eigenvalue weighted by molar-refractivity contribution is 0.627. The summed E-state index contributed by atoms with van der Waals surface area (Å²) < 4.78 is 12.7. The highest BCUT2D eigenvalue weighted by Gasteiger charge is 1.95. The van der Waals surface area contributed by atoms with Crippen LogP contribution in [0.5, 0.6) is 0 Å². The van der Waals surface area contributed by atoms with Gasteiger partial charge < -0.3 is 5.32 Å². The molecule has 0 saturated carbocycles. The van der Waals surface area contributed by atoms with E-state index in [-0.39, 0.29) is 5.82 Å². The predicted molar refractivity (Wildman–Crippen MR) is 65.2 cm³/mol. The molecular formula is C13H11ClFN. The van der Waals surface area contributed by atoms with E-state index in [9.17, 15) is 4.39 Å². The van der Waals surface area contributed by atoms with Gasteiger partial charge in [0.05, 0.1) is 0 Å². The number of halogens is 2. The quantitative estimate of drug-likeness (QED) is 0.845. The largest absolute Gasteiger partial charge is 0.381 e. The van der Waals surface area contributed by atoms with Crippen LogP contribution in [-0.4, -0.2) is 0 Å². The van der Waals surface area contributed by atoms with E-state index >= 15 is 0 Å². The lowest BCUT2D eigenvalue weighted by Gasteiger charge is -2.06. The Bertz CT molecular complexity index is 405. The molecule has 0 heterocycles. The van der Waals surface area contributed by atoms with Gasteiger partial charge in [-0.05, 0) is 42.0 Å². The average Bonchev–Trinajstić information content (AvgIpc) is 2.30. The SMILES string of the molecule is Fc1ccc(CNc2ccc(Cl)cc2)cc1. The fraction of sp³-hybridized carbons (Fsp3) is 0.0769. The molecule has 2 rings (SSSR count). The highest BCUT2D eigenvalue weighted by Crippen LogP contribution is 2.14. The van der Waals surface area contributed by atoms with E-state index in [1.165, 1.54) is 12.1 Å². The Hall–Kier alpha value is -1.54. The monoisotopic (exact) mass is 235 g/mol. The van der Waals surface area contributed by atoms with Crippen molar-refractivity contribution in [1.82, 2.24) is 0 Å². The van der Waals surface area contributed by atoms with Gasteiger partial charge in [0.1, 0.15) is 5.82 Å². The normalized spacial score (nSPS) is 10.1. The van der Waals surface area contributed by atoms with Crippen molar-refractivity contribution in [2.24, 2.45) is 0 Å². The van der Waals surface area contributed by atoms with Gasteiger partial charge in [0.25, 0.3) is 0 Å². The number of anilines is 1. The van der Waals surface area contributed by atoms with Crippen molar-refractivity contribution >= 4 is 17.3 Å². The van der Waals surface area contributed by atoms with E-state index in [4.69, 9.17) is 11.6 Å². The Labute approximate surface area is 98.9 Å². The molecular weight excluding hydrogens is 225 g/mol. The first kappa shape index (κ1) is 11.0. The van der Waals surface area contributed by atoms with Gasteiger partial charge in [0.2, 0.25) is 0 Å². The summed E-state index contributed by atoms with van der Waals surface area (Å²) in [7, 11) is 0. The first-order valence-corrected chi connectivity index (χ1v) is 5.36. The number of benzene rings is 2. The summed E-state index contributed by atoms with van der Waals surface area (Å²) in [5.41, 5.74) is 2.03. The molecule has 0 spiro atoms. The molecule has 0 amide bonds. The molecule has 1 nitrogen and oxygen atoms in total. The van der Waals surface area contributed by atoms with Crippen LogP contribution in [0.4, 0.5) is 10.1 Å². The molecule has 0 radical (unpaired) electrons. The minimum Gasteiger partial charge on any atom is -0.381 e. The van der Waals surface area contributed by atoms with Gasteiger partial charge in [-0.25, -0.2) is 4.39 Å². The third-order valence-electron chi connectivity index (χ3n) is 2.25. The maximum Gasteiger partial charge on any atom is 0.123 e. The molecule has 2 aromatic rings. The van der Waals surface area contributed by atoms with E-state index in [2.05, 4.69) is 5.32 Å². The molecule has 0 aliphatic carbocycles. The summed E-state index contributed by atoms with van der Waals surface area (Å²) in [6.45, 7) is 0.669. The minimum atomic E-state index is -0.213. The van der Waals surface area contributed by atoms with Gasteiger partial charge in [-0.2, -0.15) is 0 Å². The van der Waals surface area contributed by atoms with Crippen LogP contribution in [0, 0.1) is 5.82 Å². The summed E-state index contributed by atoms with van der Waals surface area (Å²) in [5, 5.41) is 3.94. The van der Waals surface area contributed by atoms with Crippen LogP contribution in [-0.2, 0) is 6.54 Å². The van der Waals surface area contributed by atoms with E-state index in [1.807, 2.05) is 24.3 Å². The highest BCUT2D eigenvalue weighted by molar-refractivity contribution is 6.30. The van der Waals surface area contributed by atoms with Crippen molar-refractivity contribution in [3.05, 3.63) is 64.9 Å². The Kier molecular flexibility index (Phi) is 3.42. The maximum absolute atomic E-state index is 12.7. The van der Waals surface area contributed by atoms with Crippen molar-refractivity contribution in [2.45, 2.75) is 6.54 Å². The molecule has 1 N–H and O–H groups in total. The molecule has 0 aliphatic heterocycles. The van der Waals surface area contributed by atoms with Gasteiger partial charge in [-0.15, -0.1) is 0 Å². The van der Waals surface area contributed by atoms with Crippen molar-refractivity contribution in [1.29, 1.82) is 0 Å². The van der Waals surface area contributed by atoms with E-state index in [1.54, 1.807) is 12.1 Å². The van der Waals surface area contributed by atoms with E-state index in [0.717, 1.165) is 11.3 Å². The molecule has 2 aromatic carbocycles. The fourth-order valence-corrected chi connectivity index (χ4v) is 1.50. The van der Waals surface area contributed by atoms with Crippen LogP contribution < -0.4 is 5.32 Å². The van der Waals surface area contributed by atoms with Crippen molar-refractivity contribution < 1.29 is 4.39 Å². The number of nitrogens with one attached hydrogen (secondary N) is 1. The van der Waals surface area contributed by atoms with Crippen LogP contribution in [0.25, 0.3) is 0 Å². The van der Waals surface area contributed by atoms with Gasteiger partial charge in [-0.1, -0.05) is 23.7 Å². The van der Waals surface area contributed by atoms with Crippen LogP contribution in [0.15, 0.2) is 48.5 Å². The second-order valence-corrected chi connectivity index (χ2v) is 3.92. The molecule has 0 unspecified atom stereocenters. The third kappa shape index (κ3) is 2.97. The fourth-order valence-electron chi connectivity index (χ4n) is 1.37. The Balaban J connectivity index is 1.97. The van der Waals surface area contributed by atoms with E-state index < -0.39 is 0 Å². The summed E-state index contributed by atoms with van der Waals surface area (Å²) >= 11 is 5.78. The lowest BCUT2D eigenvalue weighted by atomic mass is 10.2. The zero-order chi connectivity index (χ0) is 11.4. The zero-order valence-corrected chi connectivity index (χ0v) is 9.34. The second-order valence-electron chi connectivity index (χ2n) is 3.49. The number of hydrogen-bond donors (Lipinski definition) is 1. The molecule has 0 aromatic heterocycles. The zero-order valence-electron chi connectivity index (χ0n) is 8.58. The van der Waals surface area contributed by atoms with Crippen LogP contribution in [0.2, 0.25) is 5.02 Å². The standard InChI is InChI=1S/C13H11ClFN/c14-11-3-7-13(8-4-11)16-9-10-1-5-12(15)6-2-10/h1-8,16H,9H2. The third-order valence-corrected chi connectivity index (χ3v) is 2.51. The van der Waals surface area contributed by atoms with Gasteiger partial charge in [-0.3, -0.25) is 0 Å². The topological polar surface area (TPSA) is 12.0 Å². The van der Waals surface area contributed by atoms with Gasteiger partial charge >= 0.3 is 0 Å². The average molecular weight is 236 g/mol. The number of rotatable bonds is 3. The smallest absolute Gasteiger partial charge is 0.123 e. The highest BCUT2D eigenvalue weighted by atomic mass is 35.5. The summed E-state index contributed by atoms with van der Waals surface area (Å²) in [5.74, 6) is -0.213. The first-order chi connectivity index (χ1) is 7.74. The molecule has 0 saturated heterocycles. The maximum atomic E-state index is 12.7. The van der Waals surface area contributed by atoms with Crippen molar-refractivity contribution in [3.63, 3.8) is 0 Å². The molecule has 82 valence electrons. The summed E-state index contributed by atoms with van der Waals surface area (Å²) in [4.78, 5) is 0.